The number of carbonyl (C=O) groups is 3. The molecule has 0 heterocycles. The number of aliphatic hydroxyl groups is 1. The molecule has 3 rings (SSSR count). The van der Waals surface area contributed by atoms with Gasteiger partial charge in [0.2, 0.25) is 5.91 Å². The minimum Gasteiger partial charge on any atom is -0.481 e. The number of ether oxygens (including phenoxy) is 1. The number of carboxylic acids is 1. The molecule has 1 aliphatic carbocycles. The molecule has 4 N–H and O–H groups in total. The Balaban J connectivity index is 1.46. The molecule has 2 amide bonds. The molecule has 2 aromatic carbocycles. The quantitative estimate of drug-likeness (QED) is 0.450. The Kier molecular flexibility index (Phi) is 7.83. The van der Waals surface area contributed by atoms with Gasteiger partial charge in [0.25, 0.3) is 0 Å². The van der Waals surface area contributed by atoms with Crippen LogP contribution in [0.4, 0.5) is 4.79 Å². The summed E-state index contributed by atoms with van der Waals surface area (Å²) in [6.45, 7) is 1.77. The second-order valence-electron chi connectivity index (χ2n) is 7.83. The summed E-state index contributed by atoms with van der Waals surface area (Å²) in [5, 5.41) is 23.9. The Morgan fingerprint density at radius 3 is 2.16 bits per heavy atom. The van der Waals surface area contributed by atoms with Crippen LogP contribution in [0.2, 0.25) is 0 Å². The number of alkyl carbamates (subject to hydrolysis) is 1. The number of amides is 2. The van der Waals surface area contributed by atoms with Crippen LogP contribution < -0.4 is 10.6 Å². The van der Waals surface area contributed by atoms with Crippen molar-refractivity contribution >= 4 is 18.0 Å². The van der Waals surface area contributed by atoms with Gasteiger partial charge in [0, 0.05) is 18.5 Å². The Morgan fingerprint density at radius 1 is 1.00 bits per heavy atom. The summed E-state index contributed by atoms with van der Waals surface area (Å²) in [6.07, 6.45) is -1.76. The molecule has 0 spiro atoms. The molecular weight excluding hydrogens is 412 g/mol. The first-order valence-electron chi connectivity index (χ1n) is 10.7. The molecule has 0 bridgehead atoms. The zero-order valence-electron chi connectivity index (χ0n) is 17.9. The van der Waals surface area contributed by atoms with Crippen molar-refractivity contribution in [1.82, 2.24) is 10.6 Å². The van der Waals surface area contributed by atoms with Gasteiger partial charge in [0.05, 0.1) is 18.9 Å². The molecule has 2 atom stereocenters. The summed E-state index contributed by atoms with van der Waals surface area (Å²) >= 11 is 0. The van der Waals surface area contributed by atoms with E-state index in [0.29, 0.717) is 6.42 Å². The average Bonchev–Trinajstić information content (AvgIpc) is 3.09. The Hall–Kier alpha value is -3.39. The third-order valence-corrected chi connectivity index (χ3v) is 5.53. The lowest BCUT2D eigenvalue weighted by Crippen LogP contribution is -2.40. The van der Waals surface area contributed by atoms with Crippen LogP contribution in [-0.4, -0.2) is 53.5 Å². The van der Waals surface area contributed by atoms with E-state index < -0.39 is 30.1 Å². The SMILES string of the molecule is CC[C@@H](CC(=O)O)NC(=O)CC(O)CNC(=O)OCC1c2ccccc2-c2ccccc21. The summed E-state index contributed by atoms with van der Waals surface area (Å²) in [4.78, 5) is 34.9. The van der Waals surface area contributed by atoms with Crippen molar-refractivity contribution in [3.63, 3.8) is 0 Å². The van der Waals surface area contributed by atoms with Crippen LogP contribution in [0.1, 0.15) is 43.2 Å². The molecule has 0 saturated heterocycles. The molecule has 170 valence electrons. The number of hydrogen-bond donors (Lipinski definition) is 4. The number of hydrogen-bond acceptors (Lipinski definition) is 5. The number of rotatable bonds is 10. The van der Waals surface area contributed by atoms with E-state index >= 15 is 0 Å². The second kappa shape index (κ2) is 10.8. The van der Waals surface area contributed by atoms with Crippen molar-refractivity contribution in [2.75, 3.05) is 13.2 Å². The van der Waals surface area contributed by atoms with Crippen molar-refractivity contribution in [2.45, 2.75) is 44.2 Å². The Labute approximate surface area is 186 Å². The van der Waals surface area contributed by atoms with E-state index in [4.69, 9.17) is 9.84 Å². The first kappa shape index (κ1) is 23.3. The van der Waals surface area contributed by atoms with E-state index in [9.17, 15) is 19.5 Å². The highest BCUT2D eigenvalue weighted by Gasteiger charge is 2.29. The van der Waals surface area contributed by atoms with Gasteiger partial charge in [-0.3, -0.25) is 9.59 Å². The van der Waals surface area contributed by atoms with Gasteiger partial charge in [0.15, 0.2) is 0 Å². The normalized spacial score (nSPS) is 14.1. The largest absolute Gasteiger partial charge is 0.481 e. The van der Waals surface area contributed by atoms with Gasteiger partial charge in [-0.1, -0.05) is 55.5 Å². The predicted molar refractivity (Wildman–Crippen MR) is 118 cm³/mol. The highest BCUT2D eigenvalue weighted by Crippen LogP contribution is 2.44. The number of carbonyl (C=O) groups excluding carboxylic acids is 2. The third kappa shape index (κ3) is 5.85. The fourth-order valence-corrected chi connectivity index (χ4v) is 3.93. The highest BCUT2D eigenvalue weighted by molar-refractivity contribution is 5.79. The molecule has 8 nitrogen and oxygen atoms in total. The van der Waals surface area contributed by atoms with Gasteiger partial charge in [-0.25, -0.2) is 4.79 Å². The summed E-state index contributed by atoms with van der Waals surface area (Å²) in [5.74, 6) is -1.54. The lowest BCUT2D eigenvalue weighted by molar-refractivity contribution is -0.137. The van der Waals surface area contributed by atoms with Gasteiger partial charge in [-0.05, 0) is 28.7 Å². The van der Waals surface area contributed by atoms with E-state index in [1.807, 2.05) is 36.4 Å². The number of nitrogens with one attached hydrogen (secondary N) is 2. The Morgan fingerprint density at radius 2 is 1.59 bits per heavy atom. The van der Waals surface area contributed by atoms with Crippen LogP contribution in [0.3, 0.4) is 0 Å². The molecule has 32 heavy (non-hydrogen) atoms. The fourth-order valence-electron chi connectivity index (χ4n) is 3.93. The van der Waals surface area contributed by atoms with E-state index in [1.54, 1.807) is 6.92 Å². The average molecular weight is 440 g/mol. The number of aliphatic hydroxyl groups excluding tert-OH is 1. The van der Waals surface area contributed by atoms with Crippen LogP contribution in [0.25, 0.3) is 11.1 Å². The molecule has 0 fully saturated rings. The molecule has 2 aromatic rings. The van der Waals surface area contributed by atoms with Gasteiger partial charge in [-0.15, -0.1) is 0 Å². The smallest absolute Gasteiger partial charge is 0.407 e. The minimum absolute atomic E-state index is 0.0657. The van der Waals surface area contributed by atoms with Crippen molar-refractivity contribution < 1.29 is 29.3 Å². The van der Waals surface area contributed by atoms with Crippen molar-refractivity contribution in [3.05, 3.63) is 59.7 Å². The summed E-state index contributed by atoms with van der Waals surface area (Å²) in [6, 6.07) is 15.5. The molecule has 0 aliphatic heterocycles. The van der Waals surface area contributed by atoms with Crippen LogP contribution in [0.15, 0.2) is 48.5 Å². The molecule has 1 unspecified atom stereocenters. The van der Waals surface area contributed by atoms with E-state index in [0.717, 1.165) is 22.3 Å². The minimum atomic E-state index is -1.11. The van der Waals surface area contributed by atoms with Crippen molar-refractivity contribution in [3.8, 4) is 11.1 Å². The maximum atomic E-state index is 12.1. The van der Waals surface area contributed by atoms with Crippen LogP contribution in [-0.2, 0) is 14.3 Å². The molecule has 0 radical (unpaired) electrons. The van der Waals surface area contributed by atoms with Crippen molar-refractivity contribution in [1.29, 1.82) is 0 Å². The number of carboxylic acid groups (broad SMARTS) is 1. The van der Waals surface area contributed by atoms with Gasteiger partial charge >= 0.3 is 12.1 Å². The number of fused-ring (bicyclic) bond motifs is 3. The summed E-state index contributed by atoms with van der Waals surface area (Å²) in [5.41, 5.74) is 4.47. The van der Waals surface area contributed by atoms with Gasteiger partial charge in [-0.2, -0.15) is 0 Å². The fraction of sp³-hybridized carbons (Fsp3) is 0.375. The Bertz CT molecular complexity index is 931. The first-order chi connectivity index (χ1) is 15.4. The molecule has 1 aliphatic rings. The monoisotopic (exact) mass is 440 g/mol. The standard InChI is InChI=1S/C24H28N2O6/c1-2-15(11-23(29)30)26-22(28)12-16(27)13-25-24(31)32-14-21-19-9-5-3-7-17(19)18-8-4-6-10-20(18)21/h3-10,15-16,21,27H,2,11-14H2,1H3,(H,25,31)(H,26,28)(H,29,30)/t15-,16?/m0/s1. The lowest BCUT2D eigenvalue weighted by Gasteiger charge is -2.17. The second-order valence-corrected chi connectivity index (χ2v) is 7.83. The van der Waals surface area contributed by atoms with Gasteiger partial charge in [0.1, 0.15) is 6.61 Å². The summed E-state index contributed by atoms with van der Waals surface area (Å²) in [7, 11) is 0. The van der Waals surface area contributed by atoms with Crippen molar-refractivity contribution in [2.24, 2.45) is 0 Å². The predicted octanol–water partition coefficient (Wildman–Crippen LogP) is 2.65. The zero-order chi connectivity index (χ0) is 23.1. The molecular formula is C24H28N2O6. The lowest BCUT2D eigenvalue weighted by atomic mass is 9.98. The van der Waals surface area contributed by atoms with Crippen LogP contribution in [0, 0.1) is 0 Å². The number of benzene rings is 2. The topological polar surface area (TPSA) is 125 Å². The van der Waals surface area contributed by atoms with Crippen LogP contribution >= 0.6 is 0 Å². The third-order valence-electron chi connectivity index (χ3n) is 5.53. The maximum absolute atomic E-state index is 12.1. The van der Waals surface area contributed by atoms with E-state index in [2.05, 4.69) is 22.8 Å². The zero-order valence-corrected chi connectivity index (χ0v) is 17.9. The summed E-state index contributed by atoms with van der Waals surface area (Å²) < 4.78 is 5.39. The van der Waals surface area contributed by atoms with Gasteiger partial charge < -0.3 is 25.6 Å². The molecule has 0 saturated carbocycles. The van der Waals surface area contributed by atoms with Crippen LogP contribution in [0.5, 0.6) is 0 Å². The molecule has 8 heteroatoms. The molecule has 0 aromatic heterocycles. The first-order valence-corrected chi connectivity index (χ1v) is 10.7. The highest BCUT2D eigenvalue weighted by atomic mass is 16.5. The number of aliphatic carboxylic acids is 1. The maximum Gasteiger partial charge on any atom is 0.407 e. The van der Waals surface area contributed by atoms with E-state index in [1.165, 1.54) is 0 Å². The van der Waals surface area contributed by atoms with E-state index in [-0.39, 0.29) is 31.9 Å².